The molecule has 0 N–H and O–H groups in total. The van der Waals surface area contributed by atoms with E-state index in [1.54, 1.807) is 6.07 Å². The molecule has 0 saturated heterocycles. The first-order chi connectivity index (χ1) is 8.47. The van der Waals surface area contributed by atoms with Crippen molar-refractivity contribution in [2.24, 2.45) is 0 Å². The van der Waals surface area contributed by atoms with Crippen molar-refractivity contribution in [3.63, 3.8) is 0 Å². The Labute approximate surface area is 129 Å². The Morgan fingerprint density at radius 1 is 0.778 bits per heavy atom. The second kappa shape index (κ2) is 5.80. The number of alkyl halides is 1. The average molecular weight is 441 g/mol. The molecular weight excluding hydrogens is 434 g/mol. The van der Waals surface area contributed by atoms with Gasteiger partial charge in [0.2, 0.25) is 0 Å². The molecule has 94 valence electrons. The van der Waals surface area contributed by atoms with Crippen LogP contribution in [-0.2, 0) is 0 Å². The van der Waals surface area contributed by atoms with Crippen LogP contribution in [0.3, 0.4) is 0 Å². The minimum absolute atomic E-state index is 0.193. The first kappa shape index (κ1) is 14.2. The van der Waals surface area contributed by atoms with E-state index in [9.17, 15) is 8.78 Å². The number of benzene rings is 2. The Morgan fingerprint density at radius 2 is 1.39 bits per heavy atom. The van der Waals surface area contributed by atoms with Crippen molar-refractivity contribution in [2.75, 3.05) is 0 Å². The van der Waals surface area contributed by atoms with E-state index in [0.29, 0.717) is 5.56 Å². The Kier molecular flexibility index (Phi) is 4.56. The summed E-state index contributed by atoms with van der Waals surface area (Å²) in [6, 6.07) is 9.65. The fourth-order valence-electron chi connectivity index (χ4n) is 1.58. The van der Waals surface area contributed by atoms with Crippen LogP contribution in [0.15, 0.2) is 45.3 Å². The summed E-state index contributed by atoms with van der Waals surface area (Å²) in [6.07, 6.45) is 0. The van der Waals surface area contributed by atoms with Gasteiger partial charge in [-0.3, -0.25) is 0 Å². The summed E-state index contributed by atoms with van der Waals surface area (Å²) in [5.74, 6) is -1.68. The molecule has 0 aliphatic heterocycles. The number of hydrogen-bond donors (Lipinski definition) is 0. The highest BCUT2D eigenvalue weighted by Gasteiger charge is 2.14. The standard InChI is InChI=1S/C13H7Br3F2/c14-9-3-8(4-10(15)6-9)13(16)7-1-2-11(17)12(18)5-7/h1-6,13H. The summed E-state index contributed by atoms with van der Waals surface area (Å²) in [5, 5.41) is 0. The van der Waals surface area contributed by atoms with E-state index in [-0.39, 0.29) is 4.83 Å². The molecule has 0 amide bonds. The van der Waals surface area contributed by atoms with Crippen LogP contribution in [0.25, 0.3) is 0 Å². The zero-order valence-electron chi connectivity index (χ0n) is 8.93. The summed E-state index contributed by atoms with van der Waals surface area (Å²) in [4.78, 5) is -0.193. The summed E-state index contributed by atoms with van der Waals surface area (Å²) in [7, 11) is 0. The maximum absolute atomic E-state index is 13.2. The lowest BCUT2D eigenvalue weighted by Crippen LogP contribution is -1.95. The van der Waals surface area contributed by atoms with Gasteiger partial charge in [-0.15, -0.1) is 0 Å². The molecule has 0 aromatic heterocycles. The van der Waals surface area contributed by atoms with Crippen LogP contribution >= 0.6 is 47.8 Å². The molecule has 0 nitrogen and oxygen atoms in total. The Morgan fingerprint density at radius 3 is 1.94 bits per heavy atom. The SMILES string of the molecule is Fc1ccc(C(Br)c2cc(Br)cc(Br)c2)cc1F. The highest BCUT2D eigenvalue weighted by atomic mass is 79.9. The average Bonchev–Trinajstić information content (AvgIpc) is 2.30. The van der Waals surface area contributed by atoms with Crippen molar-refractivity contribution >= 4 is 47.8 Å². The minimum Gasteiger partial charge on any atom is -0.204 e. The molecule has 2 rings (SSSR count). The molecule has 2 aromatic carbocycles. The molecule has 0 fully saturated rings. The molecular formula is C13H7Br3F2. The minimum atomic E-state index is -0.842. The summed E-state index contributed by atoms with van der Waals surface area (Å²) >= 11 is 10.3. The Hall–Kier alpha value is -0.260. The van der Waals surface area contributed by atoms with E-state index in [1.165, 1.54) is 6.07 Å². The predicted molar refractivity (Wildman–Crippen MR) is 79.0 cm³/mol. The molecule has 0 spiro atoms. The summed E-state index contributed by atoms with van der Waals surface area (Å²) in [6.45, 7) is 0. The van der Waals surface area contributed by atoms with Gasteiger partial charge in [-0.05, 0) is 41.5 Å². The van der Waals surface area contributed by atoms with Crippen LogP contribution in [0.4, 0.5) is 8.78 Å². The van der Waals surface area contributed by atoms with Gasteiger partial charge in [0.05, 0.1) is 4.83 Å². The molecule has 0 aliphatic rings. The molecule has 5 heteroatoms. The van der Waals surface area contributed by atoms with E-state index < -0.39 is 11.6 Å². The second-order valence-electron chi connectivity index (χ2n) is 3.74. The Bertz CT molecular complexity index is 564. The van der Waals surface area contributed by atoms with Crippen molar-refractivity contribution in [1.29, 1.82) is 0 Å². The molecule has 0 saturated carbocycles. The number of halogens is 5. The van der Waals surface area contributed by atoms with E-state index in [2.05, 4.69) is 47.8 Å². The molecule has 18 heavy (non-hydrogen) atoms. The predicted octanol–water partition coefficient (Wildman–Crippen LogP) is 5.97. The number of rotatable bonds is 2. The van der Waals surface area contributed by atoms with Gasteiger partial charge in [0.1, 0.15) is 0 Å². The lowest BCUT2D eigenvalue weighted by Gasteiger charge is -2.12. The van der Waals surface area contributed by atoms with Gasteiger partial charge < -0.3 is 0 Å². The first-order valence-electron chi connectivity index (χ1n) is 5.02. The second-order valence-corrected chi connectivity index (χ2v) is 6.49. The highest BCUT2D eigenvalue weighted by molar-refractivity contribution is 9.11. The fraction of sp³-hybridized carbons (Fsp3) is 0.0769. The first-order valence-corrected chi connectivity index (χ1v) is 7.52. The van der Waals surface area contributed by atoms with Gasteiger partial charge in [-0.2, -0.15) is 0 Å². The third-order valence-corrected chi connectivity index (χ3v) is 4.39. The maximum atomic E-state index is 13.2. The van der Waals surface area contributed by atoms with Crippen LogP contribution in [0.1, 0.15) is 16.0 Å². The zero-order chi connectivity index (χ0) is 13.3. The third kappa shape index (κ3) is 3.19. The van der Waals surface area contributed by atoms with Crippen molar-refractivity contribution in [3.05, 3.63) is 68.1 Å². The van der Waals surface area contributed by atoms with Crippen LogP contribution in [0, 0.1) is 11.6 Å². The highest BCUT2D eigenvalue weighted by Crippen LogP contribution is 2.34. The molecule has 0 aliphatic carbocycles. The normalized spacial score (nSPS) is 12.5. The molecule has 1 atom stereocenters. The summed E-state index contributed by atoms with van der Waals surface area (Å²) in [5.41, 5.74) is 1.61. The molecule has 0 radical (unpaired) electrons. The van der Waals surface area contributed by atoms with E-state index in [4.69, 9.17) is 0 Å². The van der Waals surface area contributed by atoms with Crippen LogP contribution in [-0.4, -0.2) is 0 Å². The topological polar surface area (TPSA) is 0 Å². The van der Waals surface area contributed by atoms with Gasteiger partial charge in [0, 0.05) is 8.95 Å². The van der Waals surface area contributed by atoms with Gasteiger partial charge in [-0.25, -0.2) is 8.78 Å². The maximum Gasteiger partial charge on any atom is 0.159 e. The largest absolute Gasteiger partial charge is 0.204 e. The van der Waals surface area contributed by atoms with Gasteiger partial charge in [0.15, 0.2) is 11.6 Å². The lowest BCUT2D eigenvalue weighted by atomic mass is 10.0. The quantitative estimate of drug-likeness (QED) is 0.504. The number of hydrogen-bond acceptors (Lipinski definition) is 0. The third-order valence-electron chi connectivity index (χ3n) is 2.41. The fourth-order valence-corrected chi connectivity index (χ4v) is 3.46. The van der Waals surface area contributed by atoms with Crippen LogP contribution < -0.4 is 0 Å². The summed E-state index contributed by atoms with van der Waals surface area (Å²) < 4.78 is 27.9. The van der Waals surface area contributed by atoms with Crippen molar-refractivity contribution in [3.8, 4) is 0 Å². The van der Waals surface area contributed by atoms with Crippen molar-refractivity contribution in [2.45, 2.75) is 4.83 Å². The molecule has 2 aromatic rings. The smallest absolute Gasteiger partial charge is 0.159 e. The van der Waals surface area contributed by atoms with Crippen LogP contribution in [0.5, 0.6) is 0 Å². The molecule has 0 bridgehead atoms. The van der Waals surface area contributed by atoms with Gasteiger partial charge in [0.25, 0.3) is 0 Å². The van der Waals surface area contributed by atoms with Gasteiger partial charge >= 0.3 is 0 Å². The van der Waals surface area contributed by atoms with E-state index >= 15 is 0 Å². The molecule has 0 heterocycles. The van der Waals surface area contributed by atoms with Gasteiger partial charge in [-0.1, -0.05) is 53.9 Å². The monoisotopic (exact) mass is 438 g/mol. The van der Waals surface area contributed by atoms with E-state index in [0.717, 1.165) is 20.6 Å². The lowest BCUT2D eigenvalue weighted by molar-refractivity contribution is 0.507. The molecule has 1 unspecified atom stereocenters. The van der Waals surface area contributed by atoms with E-state index in [1.807, 2.05) is 18.2 Å². The van der Waals surface area contributed by atoms with Crippen molar-refractivity contribution < 1.29 is 8.78 Å². The van der Waals surface area contributed by atoms with Crippen LogP contribution in [0.2, 0.25) is 0 Å². The van der Waals surface area contributed by atoms with Crippen molar-refractivity contribution in [1.82, 2.24) is 0 Å². The Balaban J connectivity index is 2.40. The zero-order valence-corrected chi connectivity index (χ0v) is 13.7.